The number of hydrogen-bond donors (Lipinski definition) is 1. The van der Waals surface area contributed by atoms with Crippen LogP contribution in [0.1, 0.15) is 5.56 Å². The lowest BCUT2D eigenvalue weighted by Gasteiger charge is -2.09. The molecule has 0 saturated heterocycles. The van der Waals surface area contributed by atoms with Crippen molar-refractivity contribution in [1.29, 1.82) is 0 Å². The number of benzene rings is 2. The van der Waals surface area contributed by atoms with E-state index in [1.54, 1.807) is 0 Å². The van der Waals surface area contributed by atoms with Gasteiger partial charge in [-0.05, 0) is 17.7 Å². The molecule has 7 nitrogen and oxygen atoms in total. The van der Waals surface area contributed by atoms with Crippen LogP contribution >= 0.6 is 0 Å². The van der Waals surface area contributed by atoms with Crippen LogP contribution in [0.15, 0.2) is 48.5 Å². The standard InChI is InChI=1S/C16H16N2O5/c1-22-13-7-8-15(14(9-13)18(20)21)23-11-16(19)17-10-12-5-3-2-4-6-12/h2-9H,10-11H2,1H3,(H,17,19). The van der Waals surface area contributed by atoms with Gasteiger partial charge in [-0.25, -0.2) is 0 Å². The molecule has 0 aliphatic heterocycles. The molecule has 0 aliphatic rings. The van der Waals surface area contributed by atoms with E-state index in [1.165, 1.54) is 25.3 Å². The lowest BCUT2D eigenvalue weighted by atomic mass is 10.2. The van der Waals surface area contributed by atoms with Crippen LogP contribution in [0.5, 0.6) is 11.5 Å². The largest absolute Gasteiger partial charge is 0.496 e. The molecule has 0 atom stereocenters. The second-order valence-electron chi connectivity index (χ2n) is 4.64. The van der Waals surface area contributed by atoms with Gasteiger partial charge in [0, 0.05) is 6.54 Å². The number of methoxy groups -OCH3 is 1. The Hall–Kier alpha value is -3.09. The summed E-state index contributed by atoms with van der Waals surface area (Å²) in [5, 5.41) is 13.7. The predicted molar refractivity (Wildman–Crippen MR) is 83.4 cm³/mol. The maximum atomic E-state index is 11.8. The van der Waals surface area contributed by atoms with E-state index in [4.69, 9.17) is 9.47 Å². The highest BCUT2D eigenvalue weighted by Crippen LogP contribution is 2.30. The smallest absolute Gasteiger partial charge is 0.314 e. The van der Waals surface area contributed by atoms with Gasteiger partial charge in [0.15, 0.2) is 12.4 Å². The van der Waals surface area contributed by atoms with Gasteiger partial charge in [0.2, 0.25) is 0 Å². The van der Waals surface area contributed by atoms with Crippen LogP contribution in [0.3, 0.4) is 0 Å². The second-order valence-corrected chi connectivity index (χ2v) is 4.64. The summed E-state index contributed by atoms with van der Waals surface area (Å²) in [6, 6.07) is 13.6. The van der Waals surface area contributed by atoms with Crippen LogP contribution in [0.2, 0.25) is 0 Å². The first-order valence-electron chi connectivity index (χ1n) is 6.86. The first-order valence-corrected chi connectivity index (χ1v) is 6.86. The summed E-state index contributed by atoms with van der Waals surface area (Å²) >= 11 is 0. The van der Waals surface area contributed by atoms with Crippen molar-refractivity contribution in [2.24, 2.45) is 0 Å². The van der Waals surface area contributed by atoms with E-state index < -0.39 is 4.92 Å². The van der Waals surface area contributed by atoms with E-state index in [9.17, 15) is 14.9 Å². The van der Waals surface area contributed by atoms with Crippen LogP contribution in [0, 0.1) is 10.1 Å². The molecule has 1 amide bonds. The third-order valence-corrected chi connectivity index (χ3v) is 3.05. The maximum absolute atomic E-state index is 11.8. The minimum absolute atomic E-state index is 0.0191. The second kappa shape index (κ2) is 7.79. The van der Waals surface area contributed by atoms with Gasteiger partial charge >= 0.3 is 5.69 Å². The minimum atomic E-state index is -0.584. The lowest BCUT2D eigenvalue weighted by molar-refractivity contribution is -0.385. The Bertz CT molecular complexity index is 688. The van der Waals surface area contributed by atoms with Gasteiger partial charge in [0.25, 0.3) is 5.91 Å². The molecule has 0 bridgehead atoms. The summed E-state index contributed by atoms with van der Waals surface area (Å²) < 4.78 is 10.2. The summed E-state index contributed by atoms with van der Waals surface area (Å²) in [6.07, 6.45) is 0. The Balaban J connectivity index is 1.92. The van der Waals surface area contributed by atoms with Gasteiger partial charge < -0.3 is 14.8 Å². The minimum Gasteiger partial charge on any atom is -0.496 e. The molecule has 0 heterocycles. The third kappa shape index (κ3) is 4.70. The molecule has 0 unspecified atom stereocenters. The van der Waals surface area contributed by atoms with E-state index in [0.29, 0.717) is 12.3 Å². The number of rotatable bonds is 7. The van der Waals surface area contributed by atoms with Gasteiger partial charge in [0.1, 0.15) is 5.75 Å². The molecule has 23 heavy (non-hydrogen) atoms. The van der Waals surface area contributed by atoms with Crippen molar-refractivity contribution >= 4 is 11.6 Å². The van der Waals surface area contributed by atoms with Crippen LogP contribution in [0.25, 0.3) is 0 Å². The van der Waals surface area contributed by atoms with E-state index in [1.807, 2.05) is 30.3 Å². The number of nitrogens with zero attached hydrogens (tertiary/aromatic N) is 1. The predicted octanol–water partition coefficient (Wildman–Crippen LogP) is 2.30. The zero-order valence-electron chi connectivity index (χ0n) is 12.5. The summed E-state index contributed by atoms with van der Waals surface area (Å²) in [4.78, 5) is 22.2. The van der Waals surface area contributed by atoms with Crippen molar-refractivity contribution in [3.63, 3.8) is 0 Å². The zero-order valence-corrected chi connectivity index (χ0v) is 12.5. The molecule has 0 aromatic heterocycles. The number of carbonyl (C=O) groups excluding carboxylic acids is 1. The van der Waals surface area contributed by atoms with Crippen molar-refractivity contribution in [2.75, 3.05) is 13.7 Å². The Morgan fingerprint density at radius 3 is 2.61 bits per heavy atom. The first kappa shape index (κ1) is 16.3. The van der Waals surface area contributed by atoms with Crippen LogP contribution in [-0.4, -0.2) is 24.5 Å². The molecule has 1 N–H and O–H groups in total. The van der Waals surface area contributed by atoms with Crippen molar-refractivity contribution in [3.05, 3.63) is 64.2 Å². The molecule has 0 fully saturated rings. The quantitative estimate of drug-likeness (QED) is 0.625. The first-order chi connectivity index (χ1) is 11.1. The lowest BCUT2D eigenvalue weighted by Crippen LogP contribution is -2.28. The molecule has 0 aliphatic carbocycles. The van der Waals surface area contributed by atoms with E-state index in [2.05, 4.69) is 5.32 Å². The highest BCUT2D eigenvalue weighted by Gasteiger charge is 2.17. The molecule has 2 rings (SSSR count). The SMILES string of the molecule is COc1ccc(OCC(=O)NCc2ccccc2)c([N+](=O)[O-])c1. The number of ether oxygens (including phenoxy) is 2. The maximum Gasteiger partial charge on any atom is 0.314 e. The molecule has 0 spiro atoms. The van der Waals surface area contributed by atoms with E-state index in [-0.39, 0.29) is 24.0 Å². The van der Waals surface area contributed by atoms with Gasteiger partial charge in [-0.1, -0.05) is 30.3 Å². The Kier molecular flexibility index (Phi) is 5.51. The number of carbonyl (C=O) groups is 1. The van der Waals surface area contributed by atoms with Gasteiger partial charge in [-0.3, -0.25) is 14.9 Å². The fraction of sp³-hybridized carbons (Fsp3) is 0.188. The van der Waals surface area contributed by atoms with Gasteiger partial charge in [-0.2, -0.15) is 0 Å². The molecule has 0 saturated carbocycles. The Morgan fingerprint density at radius 2 is 1.96 bits per heavy atom. The monoisotopic (exact) mass is 316 g/mol. The normalized spacial score (nSPS) is 9.96. The van der Waals surface area contributed by atoms with Crippen molar-refractivity contribution < 1.29 is 19.2 Å². The number of nitro benzene ring substituents is 1. The molecular weight excluding hydrogens is 300 g/mol. The molecular formula is C16H16N2O5. The summed E-state index contributed by atoms with van der Waals surface area (Å²) in [7, 11) is 1.41. The van der Waals surface area contributed by atoms with Gasteiger partial charge in [0.05, 0.1) is 18.1 Å². The van der Waals surface area contributed by atoms with Crippen molar-refractivity contribution in [2.45, 2.75) is 6.54 Å². The van der Waals surface area contributed by atoms with Crippen LogP contribution in [-0.2, 0) is 11.3 Å². The average molecular weight is 316 g/mol. The van der Waals surface area contributed by atoms with Crippen LogP contribution in [0.4, 0.5) is 5.69 Å². The topological polar surface area (TPSA) is 90.7 Å². The number of nitrogens with one attached hydrogen (secondary N) is 1. The highest BCUT2D eigenvalue weighted by atomic mass is 16.6. The third-order valence-electron chi connectivity index (χ3n) is 3.05. The summed E-state index contributed by atoms with van der Waals surface area (Å²) in [5.41, 5.74) is 0.705. The average Bonchev–Trinajstić information content (AvgIpc) is 2.58. The number of nitro groups is 1. The molecule has 0 radical (unpaired) electrons. The van der Waals surface area contributed by atoms with E-state index >= 15 is 0 Å². The summed E-state index contributed by atoms with van der Waals surface area (Å²) in [6.45, 7) is 0.0632. The molecule has 120 valence electrons. The Morgan fingerprint density at radius 1 is 1.22 bits per heavy atom. The molecule has 2 aromatic carbocycles. The number of amides is 1. The van der Waals surface area contributed by atoms with Crippen molar-refractivity contribution in [3.8, 4) is 11.5 Å². The van der Waals surface area contributed by atoms with E-state index in [0.717, 1.165) is 5.56 Å². The molecule has 7 heteroatoms. The van der Waals surface area contributed by atoms with Crippen LogP contribution < -0.4 is 14.8 Å². The summed E-state index contributed by atoms with van der Waals surface area (Å²) in [5.74, 6) is 0.00205. The fourth-order valence-electron chi connectivity index (χ4n) is 1.88. The fourth-order valence-corrected chi connectivity index (χ4v) is 1.88. The Labute approximate surface area is 133 Å². The zero-order chi connectivity index (χ0) is 16.7. The number of hydrogen-bond acceptors (Lipinski definition) is 5. The molecule has 2 aromatic rings. The van der Waals surface area contributed by atoms with Gasteiger partial charge in [-0.15, -0.1) is 0 Å². The highest BCUT2D eigenvalue weighted by molar-refractivity contribution is 5.77. The van der Waals surface area contributed by atoms with Crippen molar-refractivity contribution in [1.82, 2.24) is 5.32 Å².